The summed E-state index contributed by atoms with van der Waals surface area (Å²) in [4.78, 5) is 14.8. The summed E-state index contributed by atoms with van der Waals surface area (Å²) in [5.41, 5.74) is 1.52. The van der Waals surface area contributed by atoms with Crippen LogP contribution in [0, 0.1) is 0 Å². The number of benzene rings is 1. The van der Waals surface area contributed by atoms with E-state index in [1.165, 1.54) is 0 Å². The fraction of sp³-hybridized carbons (Fsp3) is 0.444. The molecule has 2 atom stereocenters. The summed E-state index contributed by atoms with van der Waals surface area (Å²) in [5.74, 6) is -0.0856. The van der Waals surface area contributed by atoms with E-state index in [2.05, 4.69) is 5.10 Å². The molecule has 0 bridgehead atoms. The third-order valence-corrected chi connectivity index (χ3v) is 4.31. The van der Waals surface area contributed by atoms with Crippen molar-refractivity contribution >= 4 is 5.91 Å². The minimum atomic E-state index is -0.426. The number of carbonyl (C=O) groups is 1. The van der Waals surface area contributed by atoms with Crippen LogP contribution in [0.3, 0.4) is 0 Å². The summed E-state index contributed by atoms with van der Waals surface area (Å²) in [5, 5.41) is 13.9. The van der Waals surface area contributed by atoms with Crippen LogP contribution >= 0.6 is 0 Å². The lowest BCUT2D eigenvalue weighted by Gasteiger charge is -2.40. The SMILES string of the molecule is CC(C)n1cc(C(=O)N2CCO[C@H](CO)[C@H]2c2ccccc2)cn1. The Bertz CT molecular complexity index is 684. The highest BCUT2D eigenvalue weighted by Crippen LogP contribution is 2.30. The molecule has 6 nitrogen and oxygen atoms in total. The van der Waals surface area contributed by atoms with Gasteiger partial charge in [-0.15, -0.1) is 0 Å². The number of aliphatic hydroxyl groups is 1. The van der Waals surface area contributed by atoms with E-state index in [0.29, 0.717) is 18.7 Å². The van der Waals surface area contributed by atoms with Crippen molar-refractivity contribution in [3.8, 4) is 0 Å². The normalized spacial score (nSPS) is 21.2. The highest BCUT2D eigenvalue weighted by Gasteiger charge is 2.36. The predicted octanol–water partition coefficient (Wildman–Crippen LogP) is 2.04. The number of carbonyl (C=O) groups excluding carboxylic acids is 1. The van der Waals surface area contributed by atoms with E-state index < -0.39 is 6.10 Å². The lowest BCUT2D eigenvalue weighted by atomic mass is 9.97. The van der Waals surface area contributed by atoms with Gasteiger partial charge in [-0.25, -0.2) is 0 Å². The molecule has 128 valence electrons. The van der Waals surface area contributed by atoms with Crippen LogP contribution in [0.25, 0.3) is 0 Å². The second-order valence-corrected chi connectivity index (χ2v) is 6.25. The van der Waals surface area contributed by atoms with Crippen molar-refractivity contribution in [1.82, 2.24) is 14.7 Å². The molecule has 1 fully saturated rings. The summed E-state index contributed by atoms with van der Waals surface area (Å²) in [6.45, 7) is 4.81. The van der Waals surface area contributed by atoms with Crippen molar-refractivity contribution in [3.05, 3.63) is 53.9 Å². The Hall–Kier alpha value is -2.18. The molecule has 1 aromatic carbocycles. The van der Waals surface area contributed by atoms with Crippen molar-refractivity contribution in [3.63, 3.8) is 0 Å². The van der Waals surface area contributed by atoms with Crippen molar-refractivity contribution < 1.29 is 14.6 Å². The van der Waals surface area contributed by atoms with E-state index in [4.69, 9.17) is 4.74 Å². The molecule has 6 heteroatoms. The van der Waals surface area contributed by atoms with Gasteiger partial charge in [0.15, 0.2) is 0 Å². The first-order valence-electron chi connectivity index (χ1n) is 8.24. The number of nitrogens with zero attached hydrogens (tertiary/aromatic N) is 3. The van der Waals surface area contributed by atoms with Crippen LogP contribution in [0.5, 0.6) is 0 Å². The van der Waals surface area contributed by atoms with Gasteiger partial charge in [0.1, 0.15) is 6.10 Å². The zero-order chi connectivity index (χ0) is 17.1. The monoisotopic (exact) mass is 329 g/mol. The number of amides is 1. The molecule has 1 aliphatic heterocycles. The van der Waals surface area contributed by atoms with Crippen LogP contribution in [-0.2, 0) is 4.74 Å². The summed E-state index contributed by atoms with van der Waals surface area (Å²) in [7, 11) is 0. The van der Waals surface area contributed by atoms with Gasteiger partial charge in [-0.1, -0.05) is 30.3 Å². The van der Waals surface area contributed by atoms with Gasteiger partial charge in [-0.05, 0) is 19.4 Å². The van der Waals surface area contributed by atoms with Gasteiger partial charge in [0.2, 0.25) is 0 Å². The van der Waals surface area contributed by atoms with E-state index in [1.54, 1.807) is 22.0 Å². The van der Waals surface area contributed by atoms with Crippen molar-refractivity contribution in [2.75, 3.05) is 19.8 Å². The van der Waals surface area contributed by atoms with Crippen LogP contribution in [0.2, 0.25) is 0 Å². The quantitative estimate of drug-likeness (QED) is 0.932. The van der Waals surface area contributed by atoms with Gasteiger partial charge in [0.25, 0.3) is 5.91 Å². The highest BCUT2D eigenvalue weighted by atomic mass is 16.5. The van der Waals surface area contributed by atoms with Crippen molar-refractivity contribution in [1.29, 1.82) is 0 Å². The molecular formula is C18H23N3O3. The molecule has 1 aromatic heterocycles. The summed E-state index contributed by atoms with van der Waals surface area (Å²) in [6, 6.07) is 9.60. The maximum atomic E-state index is 13.0. The first-order chi connectivity index (χ1) is 11.6. The second kappa shape index (κ2) is 7.15. The summed E-state index contributed by atoms with van der Waals surface area (Å²) >= 11 is 0. The number of hydrogen-bond acceptors (Lipinski definition) is 4. The van der Waals surface area contributed by atoms with Crippen molar-refractivity contribution in [2.24, 2.45) is 0 Å². The number of morpholine rings is 1. The number of aliphatic hydroxyl groups excluding tert-OH is 1. The lowest BCUT2D eigenvalue weighted by Crippen LogP contribution is -2.49. The second-order valence-electron chi connectivity index (χ2n) is 6.25. The van der Waals surface area contributed by atoms with Gasteiger partial charge < -0.3 is 14.7 Å². The van der Waals surface area contributed by atoms with E-state index in [9.17, 15) is 9.90 Å². The van der Waals surface area contributed by atoms with Gasteiger partial charge in [0.05, 0.1) is 31.0 Å². The maximum absolute atomic E-state index is 13.0. The Morgan fingerprint density at radius 3 is 2.75 bits per heavy atom. The van der Waals surface area contributed by atoms with Crippen LogP contribution in [-0.4, -0.2) is 51.6 Å². The Labute approximate surface area is 141 Å². The third kappa shape index (κ3) is 3.20. The van der Waals surface area contributed by atoms with Gasteiger partial charge in [0, 0.05) is 18.8 Å². The lowest BCUT2D eigenvalue weighted by molar-refractivity contribution is -0.0811. The topological polar surface area (TPSA) is 67.6 Å². The van der Waals surface area contributed by atoms with E-state index in [1.807, 2.05) is 44.2 Å². The average Bonchev–Trinajstić information content (AvgIpc) is 3.11. The Morgan fingerprint density at radius 1 is 1.38 bits per heavy atom. The zero-order valence-electron chi connectivity index (χ0n) is 14.0. The minimum absolute atomic E-state index is 0.0856. The summed E-state index contributed by atoms with van der Waals surface area (Å²) < 4.78 is 7.46. The van der Waals surface area contributed by atoms with Gasteiger partial charge in [-0.2, -0.15) is 5.10 Å². The van der Waals surface area contributed by atoms with Crippen LogP contribution in [0.1, 0.15) is 41.9 Å². The third-order valence-electron chi connectivity index (χ3n) is 4.31. The molecule has 2 aromatic rings. The maximum Gasteiger partial charge on any atom is 0.257 e. The molecule has 0 saturated carbocycles. The number of hydrogen-bond donors (Lipinski definition) is 1. The molecule has 24 heavy (non-hydrogen) atoms. The largest absolute Gasteiger partial charge is 0.394 e. The van der Waals surface area contributed by atoms with Crippen molar-refractivity contribution in [2.45, 2.75) is 32.0 Å². The predicted molar refractivity (Wildman–Crippen MR) is 89.7 cm³/mol. The molecule has 2 heterocycles. The van der Waals surface area contributed by atoms with E-state index >= 15 is 0 Å². The molecule has 0 radical (unpaired) electrons. The van der Waals surface area contributed by atoms with Crippen LogP contribution in [0.4, 0.5) is 0 Å². The fourth-order valence-corrected chi connectivity index (χ4v) is 3.06. The molecule has 0 unspecified atom stereocenters. The number of ether oxygens (including phenoxy) is 1. The number of rotatable bonds is 4. The highest BCUT2D eigenvalue weighted by molar-refractivity contribution is 5.94. The summed E-state index contributed by atoms with van der Waals surface area (Å²) in [6.07, 6.45) is 2.96. The van der Waals surface area contributed by atoms with E-state index in [0.717, 1.165) is 5.56 Å². The molecule has 3 rings (SSSR count). The average molecular weight is 329 g/mol. The molecule has 1 N–H and O–H groups in total. The van der Waals surface area contributed by atoms with Gasteiger partial charge >= 0.3 is 0 Å². The Balaban J connectivity index is 1.91. The van der Waals surface area contributed by atoms with Gasteiger partial charge in [-0.3, -0.25) is 9.48 Å². The Kier molecular flexibility index (Phi) is 4.97. The molecule has 0 aliphatic carbocycles. The molecule has 1 saturated heterocycles. The first-order valence-corrected chi connectivity index (χ1v) is 8.24. The molecular weight excluding hydrogens is 306 g/mol. The minimum Gasteiger partial charge on any atom is -0.394 e. The van der Waals surface area contributed by atoms with Crippen LogP contribution < -0.4 is 0 Å². The van der Waals surface area contributed by atoms with E-state index in [-0.39, 0.29) is 24.6 Å². The van der Waals surface area contributed by atoms with Crippen LogP contribution in [0.15, 0.2) is 42.7 Å². The zero-order valence-corrected chi connectivity index (χ0v) is 14.0. The molecule has 0 spiro atoms. The first kappa shape index (κ1) is 16.7. The smallest absolute Gasteiger partial charge is 0.257 e. The number of aromatic nitrogens is 2. The molecule has 1 aliphatic rings. The Morgan fingerprint density at radius 2 is 2.12 bits per heavy atom. The fourth-order valence-electron chi connectivity index (χ4n) is 3.06. The molecule has 1 amide bonds. The standard InChI is InChI=1S/C18H23N3O3/c1-13(2)21-11-15(10-19-21)18(23)20-8-9-24-16(12-22)17(20)14-6-4-3-5-7-14/h3-7,10-11,13,16-17,22H,8-9,12H2,1-2H3/t16-,17-/m1/s1.